The van der Waals surface area contributed by atoms with Crippen LogP contribution in [0, 0.1) is 12.3 Å². The second-order valence-corrected chi connectivity index (χ2v) is 5.34. The number of carbonyl (C=O) groups excluding carboxylic acids is 1. The molecule has 1 rings (SSSR count). The average Bonchev–Trinajstić information content (AvgIpc) is 2.22. The molecule has 0 bridgehead atoms. The molecule has 0 N–H and O–H groups in total. The summed E-state index contributed by atoms with van der Waals surface area (Å²) in [6.45, 7) is 8.00. The summed E-state index contributed by atoms with van der Waals surface area (Å²) in [6, 6.07) is 5.85. The molecule has 0 aliphatic rings. The van der Waals surface area contributed by atoms with Gasteiger partial charge in [-0.3, -0.25) is 4.79 Å². The topological polar surface area (TPSA) is 17.1 Å². The Bertz CT molecular complexity index is 394. The van der Waals surface area contributed by atoms with Gasteiger partial charge in [0.15, 0.2) is 0 Å². The minimum atomic E-state index is -0.256. The van der Waals surface area contributed by atoms with Crippen LogP contribution in [0.25, 0.3) is 0 Å². The Morgan fingerprint density at radius 3 is 2.50 bits per heavy atom. The molecule has 0 saturated carbocycles. The highest BCUT2D eigenvalue weighted by Crippen LogP contribution is 2.26. The fraction of sp³-hybridized carbons (Fsp3) is 0.500. The lowest BCUT2D eigenvalue weighted by molar-refractivity contribution is -0.126. The third-order valence-electron chi connectivity index (χ3n) is 3.20. The summed E-state index contributed by atoms with van der Waals surface area (Å²) in [5.41, 5.74) is 1.79. The Balaban J connectivity index is 2.85. The summed E-state index contributed by atoms with van der Waals surface area (Å²) < 4.78 is 0. The maximum absolute atomic E-state index is 12.0. The second-order valence-electron chi connectivity index (χ2n) is 4.93. The summed E-state index contributed by atoms with van der Waals surface area (Å²) in [5, 5.41) is 0.695. The van der Waals surface area contributed by atoms with Gasteiger partial charge in [0.25, 0.3) is 0 Å². The quantitative estimate of drug-likeness (QED) is 0.769. The van der Waals surface area contributed by atoms with E-state index >= 15 is 0 Å². The van der Waals surface area contributed by atoms with Gasteiger partial charge in [-0.25, -0.2) is 0 Å². The lowest BCUT2D eigenvalue weighted by Gasteiger charge is -2.21. The number of Topliss-reactive ketones (excluding diaryl/α,β-unsaturated/α-hetero) is 1. The molecule has 16 heavy (non-hydrogen) atoms. The van der Waals surface area contributed by atoms with Gasteiger partial charge in [-0.05, 0) is 30.5 Å². The largest absolute Gasteiger partial charge is 0.299 e. The lowest BCUT2D eigenvalue weighted by atomic mass is 9.82. The van der Waals surface area contributed by atoms with Crippen LogP contribution in [0.5, 0.6) is 0 Å². The zero-order valence-electron chi connectivity index (χ0n) is 10.4. The molecule has 0 aliphatic carbocycles. The van der Waals surface area contributed by atoms with Gasteiger partial charge < -0.3 is 0 Å². The van der Waals surface area contributed by atoms with Crippen molar-refractivity contribution in [1.29, 1.82) is 0 Å². The standard InChI is InChI=1S/C14H19ClO/c1-5-14(3,4)13(16)9-11-7-6-10(2)8-12(11)15/h6-8H,5,9H2,1-4H3. The first-order chi connectivity index (χ1) is 7.36. The Labute approximate surface area is 103 Å². The molecule has 0 saturated heterocycles. The first-order valence-corrected chi connectivity index (χ1v) is 6.03. The third-order valence-corrected chi connectivity index (χ3v) is 3.55. The fourth-order valence-electron chi connectivity index (χ4n) is 1.41. The van der Waals surface area contributed by atoms with E-state index in [2.05, 4.69) is 0 Å². The van der Waals surface area contributed by atoms with E-state index in [1.807, 2.05) is 45.9 Å². The Kier molecular flexibility index (Phi) is 4.15. The maximum atomic E-state index is 12.0. The van der Waals surface area contributed by atoms with Gasteiger partial charge in [-0.15, -0.1) is 0 Å². The van der Waals surface area contributed by atoms with Crippen molar-refractivity contribution < 1.29 is 4.79 Å². The number of hydrogen-bond donors (Lipinski definition) is 0. The van der Waals surface area contributed by atoms with Crippen LogP contribution in [-0.2, 0) is 11.2 Å². The van der Waals surface area contributed by atoms with Crippen molar-refractivity contribution in [2.75, 3.05) is 0 Å². The van der Waals surface area contributed by atoms with Crippen LogP contribution in [0.15, 0.2) is 18.2 Å². The maximum Gasteiger partial charge on any atom is 0.142 e. The highest BCUT2D eigenvalue weighted by Gasteiger charge is 2.25. The Morgan fingerprint density at radius 2 is 2.00 bits per heavy atom. The van der Waals surface area contributed by atoms with E-state index in [4.69, 9.17) is 11.6 Å². The monoisotopic (exact) mass is 238 g/mol. The van der Waals surface area contributed by atoms with Gasteiger partial charge in [0, 0.05) is 16.9 Å². The van der Waals surface area contributed by atoms with E-state index in [0.717, 1.165) is 17.5 Å². The molecule has 1 nitrogen and oxygen atoms in total. The van der Waals surface area contributed by atoms with Crippen molar-refractivity contribution in [1.82, 2.24) is 0 Å². The summed E-state index contributed by atoms with van der Waals surface area (Å²) >= 11 is 6.11. The SMILES string of the molecule is CCC(C)(C)C(=O)Cc1ccc(C)cc1Cl. The molecule has 0 aromatic heterocycles. The molecule has 1 aromatic carbocycles. The minimum absolute atomic E-state index is 0.251. The van der Waals surface area contributed by atoms with Crippen LogP contribution >= 0.6 is 11.6 Å². The normalized spacial score (nSPS) is 11.6. The average molecular weight is 239 g/mol. The number of halogens is 1. The molecule has 0 spiro atoms. The van der Waals surface area contributed by atoms with Crippen molar-refractivity contribution in [3.05, 3.63) is 34.3 Å². The third kappa shape index (κ3) is 3.08. The summed E-state index contributed by atoms with van der Waals surface area (Å²) in [5.74, 6) is 0.251. The molecule has 0 fully saturated rings. The van der Waals surface area contributed by atoms with Gasteiger partial charge in [0.1, 0.15) is 5.78 Å². The van der Waals surface area contributed by atoms with E-state index in [0.29, 0.717) is 11.4 Å². The smallest absolute Gasteiger partial charge is 0.142 e. The molecule has 0 aliphatic heterocycles. The van der Waals surface area contributed by atoms with Crippen molar-refractivity contribution in [3.63, 3.8) is 0 Å². The van der Waals surface area contributed by atoms with Gasteiger partial charge in [-0.1, -0.05) is 44.5 Å². The summed E-state index contributed by atoms with van der Waals surface area (Å²) in [6.07, 6.45) is 1.29. The van der Waals surface area contributed by atoms with Crippen molar-refractivity contribution in [3.8, 4) is 0 Å². The fourth-order valence-corrected chi connectivity index (χ4v) is 1.71. The molecule has 0 radical (unpaired) electrons. The van der Waals surface area contributed by atoms with Gasteiger partial charge in [0.2, 0.25) is 0 Å². The number of rotatable bonds is 4. The molecule has 88 valence electrons. The highest BCUT2D eigenvalue weighted by atomic mass is 35.5. The van der Waals surface area contributed by atoms with Crippen LogP contribution in [0.2, 0.25) is 5.02 Å². The number of hydrogen-bond acceptors (Lipinski definition) is 1. The van der Waals surface area contributed by atoms with E-state index < -0.39 is 0 Å². The first kappa shape index (κ1) is 13.2. The van der Waals surface area contributed by atoms with E-state index in [9.17, 15) is 4.79 Å². The van der Waals surface area contributed by atoms with Crippen LogP contribution in [-0.4, -0.2) is 5.78 Å². The van der Waals surface area contributed by atoms with Gasteiger partial charge in [-0.2, -0.15) is 0 Å². The van der Waals surface area contributed by atoms with Gasteiger partial charge in [0.05, 0.1) is 0 Å². The van der Waals surface area contributed by atoms with Crippen molar-refractivity contribution in [2.45, 2.75) is 40.5 Å². The predicted octanol–water partition coefficient (Wildman–Crippen LogP) is 4.20. The van der Waals surface area contributed by atoms with Crippen molar-refractivity contribution in [2.24, 2.45) is 5.41 Å². The van der Waals surface area contributed by atoms with Crippen LogP contribution < -0.4 is 0 Å². The summed E-state index contributed by atoms with van der Waals surface area (Å²) in [7, 11) is 0. The van der Waals surface area contributed by atoms with E-state index in [-0.39, 0.29) is 11.2 Å². The summed E-state index contributed by atoms with van der Waals surface area (Å²) in [4.78, 5) is 12.0. The van der Waals surface area contributed by atoms with Gasteiger partial charge >= 0.3 is 0 Å². The second kappa shape index (κ2) is 5.01. The van der Waals surface area contributed by atoms with Crippen LogP contribution in [0.1, 0.15) is 38.3 Å². The van der Waals surface area contributed by atoms with Crippen molar-refractivity contribution >= 4 is 17.4 Å². The highest BCUT2D eigenvalue weighted by molar-refractivity contribution is 6.31. The number of ketones is 1. The Morgan fingerprint density at radius 1 is 1.38 bits per heavy atom. The van der Waals surface area contributed by atoms with Crippen LogP contribution in [0.4, 0.5) is 0 Å². The van der Waals surface area contributed by atoms with E-state index in [1.165, 1.54) is 0 Å². The zero-order chi connectivity index (χ0) is 12.3. The molecule has 0 unspecified atom stereocenters. The minimum Gasteiger partial charge on any atom is -0.299 e. The number of benzene rings is 1. The molecular weight excluding hydrogens is 220 g/mol. The molecular formula is C14H19ClO. The molecule has 0 heterocycles. The predicted molar refractivity (Wildman–Crippen MR) is 69.0 cm³/mol. The molecule has 0 atom stereocenters. The number of aryl methyl sites for hydroxylation is 1. The molecule has 2 heteroatoms. The Hall–Kier alpha value is -0.820. The first-order valence-electron chi connectivity index (χ1n) is 5.65. The van der Waals surface area contributed by atoms with Crippen LogP contribution in [0.3, 0.4) is 0 Å². The molecule has 1 aromatic rings. The lowest BCUT2D eigenvalue weighted by Crippen LogP contribution is -2.25. The van der Waals surface area contributed by atoms with E-state index in [1.54, 1.807) is 0 Å². The zero-order valence-corrected chi connectivity index (χ0v) is 11.2. The molecule has 0 amide bonds. The number of carbonyl (C=O) groups is 1.